The number of rotatable bonds is 3. The minimum Gasteiger partial charge on any atom is -0.386 e. The number of aliphatic imine (C=N–C) groups is 1. The van der Waals surface area contributed by atoms with Crippen LogP contribution in [0.4, 0.5) is 5.69 Å². The lowest BCUT2D eigenvalue weighted by Crippen LogP contribution is -2.12. The molecule has 0 aliphatic heterocycles. The minimum absolute atomic E-state index is 0.196. The maximum atomic E-state index is 8.80. The summed E-state index contributed by atoms with van der Waals surface area (Å²) in [4.78, 5) is 4.29. The molecule has 19 heavy (non-hydrogen) atoms. The van der Waals surface area contributed by atoms with Crippen LogP contribution in [0.25, 0.3) is 11.1 Å². The first-order valence-corrected chi connectivity index (χ1v) is 6.26. The van der Waals surface area contributed by atoms with Crippen LogP contribution < -0.4 is 5.73 Å². The Bertz CT molecular complexity index is 639. The molecular formula is C15H12ClN3. The van der Waals surface area contributed by atoms with Crippen molar-refractivity contribution in [3.8, 4) is 17.2 Å². The highest BCUT2D eigenvalue weighted by Gasteiger charge is 2.04. The van der Waals surface area contributed by atoms with Gasteiger partial charge in [0.25, 0.3) is 0 Å². The van der Waals surface area contributed by atoms with Crippen molar-refractivity contribution in [2.75, 3.05) is 5.88 Å². The summed E-state index contributed by atoms with van der Waals surface area (Å²) in [6.45, 7) is 0. The van der Waals surface area contributed by atoms with Crippen molar-refractivity contribution in [2.24, 2.45) is 10.7 Å². The van der Waals surface area contributed by atoms with Crippen molar-refractivity contribution < 1.29 is 0 Å². The van der Waals surface area contributed by atoms with Gasteiger partial charge in [0, 0.05) is 5.56 Å². The topological polar surface area (TPSA) is 62.2 Å². The highest BCUT2D eigenvalue weighted by Crippen LogP contribution is 2.30. The molecule has 0 aliphatic carbocycles. The zero-order chi connectivity index (χ0) is 13.7. The van der Waals surface area contributed by atoms with E-state index >= 15 is 0 Å². The molecule has 2 aromatic rings. The number of nitriles is 1. The summed E-state index contributed by atoms with van der Waals surface area (Å²) in [5.74, 6) is 0.574. The molecular weight excluding hydrogens is 258 g/mol. The van der Waals surface area contributed by atoms with Crippen LogP contribution in [0.3, 0.4) is 0 Å². The summed E-state index contributed by atoms with van der Waals surface area (Å²) in [5.41, 5.74) is 9.02. The van der Waals surface area contributed by atoms with Gasteiger partial charge in [-0.2, -0.15) is 5.26 Å². The highest BCUT2D eigenvalue weighted by molar-refractivity contribution is 6.28. The monoisotopic (exact) mass is 269 g/mol. The van der Waals surface area contributed by atoms with Crippen LogP contribution in [0.5, 0.6) is 0 Å². The van der Waals surface area contributed by atoms with Crippen LogP contribution in [0.2, 0.25) is 0 Å². The van der Waals surface area contributed by atoms with Gasteiger partial charge in [-0.15, -0.1) is 11.6 Å². The molecule has 0 amide bonds. The van der Waals surface area contributed by atoms with Crippen molar-refractivity contribution in [1.29, 1.82) is 5.26 Å². The van der Waals surface area contributed by atoms with Gasteiger partial charge in [0.2, 0.25) is 0 Å². The van der Waals surface area contributed by atoms with Crippen LogP contribution in [-0.4, -0.2) is 11.7 Å². The average molecular weight is 270 g/mol. The van der Waals surface area contributed by atoms with E-state index in [9.17, 15) is 0 Å². The predicted molar refractivity (Wildman–Crippen MR) is 78.6 cm³/mol. The fourth-order valence-corrected chi connectivity index (χ4v) is 1.78. The predicted octanol–water partition coefficient (Wildman–Crippen LogP) is 3.45. The normalized spacial score (nSPS) is 11.1. The molecule has 0 heterocycles. The van der Waals surface area contributed by atoms with Gasteiger partial charge in [-0.25, -0.2) is 4.99 Å². The number of amidine groups is 1. The Morgan fingerprint density at radius 1 is 1.16 bits per heavy atom. The molecule has 0 atom stereocenters. The van der Waals surface area contributed by atoms with E-state index in [0.717, 1.165) is 16.8 Å². The second kappa shape index (κ2) is 6.03. The second-order valence-corrected chi connectivity index (χ2v) is 4.21. The fourth-order valence-electron chi connectivity index (χ4n) is 1.72. The third kappa shape index (κ3) is 3.12. The lowest BCUT2D eigenvalue weighted by Gasteiger charge is -2.06. The van der Waals surface area contributed by atoms with E-state index in [-0.39, 0.29) is 5.88 Å². The number of benzene rings is 2. The van der Waals surface area contributed by atoms with E-state index in [2.05, 4.69) is 11.1 Å². The van der Waals surface area contributed by atoms with Crippen LogP contribution in [0, 0.1) is 11.3 Å². The Balaban J connectivity index is 2.47. The van der Waals surface area contributed by atoms with Gasteiger partial charge >= 0.3 is 0 Å². The molecule has 0 saturated heterocycles. The van der Waals surface area contributed by atoms with Gasteiger partial charge in [0.05, 0.1) is 23.2 Å². The lowest BCUT2D eigenvalue weighted by molar-refractivity contribution is 1.44. The molecule has 0 radical (unpaired) electrons. The summed E-state index contributed by atoms with van der Waals surface area (Å²) >= 11 is 5.65. The van der Waals surface area contributed by atoms with E-state index in [1.165, 1.54) is 0 Å². The van der Waals surface area contributed by atoms with Crippen molar-refractivity contribution in [3.05, 3.63) is 54.1 Å². The molecule has 0 aliphatic rings. The van der Waals surface area contributed by atoms with E-state index < -0.39 is 0 Å². The third-order valence-electron chi connectivity index (χ3n) is 2.63. The molecule has 2 aromatic carbocycles. The smallest absolute Gasteiger partial charge is 0.115 e. The molecule has 0 spiro atoms. The molecule has 0 unspecified atom stereocenters. The number of nitrogens with zero attached hydrogens (tertiary/aromatic N) is 2. The van der Waals surface area contributed by atoms with E-state index in [0.29, 0.717) is 11.4 Å². The molecule has 2 rings (SSSR count). The van der Waals surface area contributed by atoms with Crippen LogP contribution in [0.15, 0.2) is 53.5 Å². The Morgan fingerprint density at radius 3 is 2.47 bits per heavy atom. The minimum atomic E-state index is 0.196. The van der Waals surface area contributed by atoms with Gasteiger partial charge in [0.15, 0.2) is 0 Å². The largest absolute Gasteiger partial charge is 0.386 e. The number of nitrogens with two attached hydrogens (primary N) is 1. The fraction of sp³-hybridized carbons (Fsp3) is 0.0667. The molecule has 0 aromatic heterocycles. The maximum Gasteiger partial charge on any atom is 0.115 e. The Labute approximate surface area is 117 Å². The summed E-state index contributed by atoms with van der Waals surface area (Å²) < 4.78 is 0. The summed E-state index contributed by atoms with van der Waals surface area (Å²) in [5, 5.41) is 8.80. The lowest BCUT2D eigenvalue weighted by atomic mass is 10.0. The van der Waals surface area contributed by atoms with E-state index in [1.807, 2.05) is 36.4 Å². The summed E-state index contributed by atoms with van der Waals surface area (Å²) in [7, 11) is 0. The molecule has 0 fully saturated rings. The van der Waals surface area contributed by atoms with Gasteiger partial charge in [-0.3, -0.25) is 0 Å². The van der Waals surface area contributed by atoms with Crippen LogP contribution in [-0.2, 0) is 0 Å². The van der Waals surface area contributed by atoms with E-state index in [4.69, 9.17) is 22.6 Å². The summed E-state index contributed by atoms with van der Waals surface area (Å²) in [6, 6.07) is 17.1. The third-order valence-corrected chi connectivity index (χ3v) is 2.90. The van der Waals surface area contributed by atoms with Crippen molar-refractivity contribution >= 4 is 23.1 Å². The summed E-state index contributed by atoms with van der Waals surface area (Å²) in [6.07, 6.45) is 0. The van der Waals surface area contributed by atoms with Crippen molar-refractivity contribution in [1.82, 2.24) is 0 Å². The van der Waals surface area contributed by atoms with Crippen LogP contribution >= 0.6 is 11.6 Å². The quantitative estimate of drug-likeness (QED) is 0.527. The Morgan fingerprint density at radius 2 is 1.84 bits per heavy atom. The second-order valence-electron chi connectivity index (χ2n) is 3.94. The molecule has 2 N–H and O–H groups in total. The number of alkyl halides is 1. The molecule has 4 heteroatoms. The zero-order valence-electron chi connectivity index (χ0n) is 10.2. The molecule has 94 valence electrons. The molecule has 3 nitrogen and oxygen atoms in total. The first kappa shape index (κ1) is 13.1. The first-order valence-electron chi connectivity index (χ1n) is 5.73. The molecule has 0 saturated carbocycles. The SMILES string of the molecule is N#Cc1ccc(-c2ccccc2N=C(N)CCl)cc1. The number of halogens is 1. The Hall–Kier alpha value is -2.31. The average Bonchev–Trinajstić information content (AvgIpc) is 2.48. The van der Waals surface area contributed by atoms with E-state index in [1.54, 1.807) is 12.1 Å². The highest BCUT2D eigenvalue weighted by atomic mass is 35.5. The Kier molecular flexibility index (Phi) is 4.17. The van der Waals surface area contributed by atoms with Crippen molar-refractivity contribution in [3.63, 3.8) is 0 Å². The van der Waals surface area contributed by atoms with Gasteiger partial charge in [0.1, 0.15) is 5.84 Å². The van der Waals surface area contributed by atoms with Crippen LogP contribution in [0.1, 0.15) is 5.56 Å². The molecule has 0 bridgehead atoms. The maximum absolute atomic E-state index is 8.80. The number of hydrogen-bond donors (Lipinski definition) is 1. The number of hydrogen-bond acceptors (Lipinski definition) is 2. The number of para-hydroxylation sites is 1. The van der Waals surface area contributed by atoms with Gasteiger partial charge in [-0.05, 0) is 23.8 Å². The van der Waals surface area contributed by atoms with Gasteiger partial charge < -0.3 is 5.73 Å². The van der Waals surface area contributed by atoms with Gasteiger partial charge in [-0.1, -0.05) is 30.3 Å². The first-order chi connectivity index (χ1) is 9.24. The standard InChI is InChI=1S/C15H12ClN3/c16-9-15(18)19-14-4-2-1-3-13(14)12-7-5-11(10-17)6-8-12/h1-8H,9H2,(H2,18,19). The zero-order valence-corrected chi connectivity index (χ0v) is 10.9. The van der Waals surface area contributed by atoms with Crippen molar-refractivity contribution in [2.45, 2.75) is 0 Å².